The average Bonchev–Trinajstić information content (AvgIpc) is 2.79. The summed E-state index contributed by atoms with van der Waals surface area (Å²) in [5.41, 5.74) is 6.17. The molecule has 18 heavy (non-hydrogen) atoms. The lowest BCUT2D eigenvalue weighted by Gasteiger charge is -2.33. The molecule has 0 amide bonds. The summed E-state index contributed by atoms with van der Waals surface area (Å²) in [6.45, 7) is 0. The van der Waals surface area contributed by atoms with Crippen LogP contribution in [0.4, 0.5) is 4.39 Å². The Morgan fingerprint density at radius 2 is 2.17 bits per heavy atom. The number of benzene rings is 1. The van der Waals surface area contributed by atoms with E-state index in [1.165, 1.54) is 12.1 Å². The molecule has 4 nitrogen and oxygen atoms in total. The number of nitrogens with zero attached hydrogens (tertiary/aromatic N) is 2. The zero-order chi connectivity index (χ0) is 12.8. The van der Waals surface area contributed by atoms with Crippen molar-refractivity contribution in [1.82, 2.24) is 10.1 Å². The Labute approximate surface area is 112 Å². The number of halogens is 2. The molecule has 0 unspecified atom stereocenters. The molecule has 0 saturated heterocycles. The first-order valence-electron chi connectivity index (χ1n) is 5.67. The maximum Gasteiger partial charge on any atom is 0.247 e. The number of nitrogens with two attached hydrogens (primary N) is 1. The summed E-state index contributed by atoms with van der Waals surface area (Å²) in [7, 11) is 0. The van der Waals surface area contributed by atoms with E-state index in [0.717, 1.165) is 23.7 Å². The highest BCUT2D eigenvalue weighted by Gasteiger charge is 2.40. The van der Waals surface area contributed by atoms with Crippen molar-refractivity contribution in [2.75, 3.05) is 0 Å². The van der Waals surface area contributed by atoms with Crippen LogP contribution < -0.4 is 5.73 Å². The van der Waals surface area contributed by atoms with Crippen molar-refractivity contribution < 1.29 is 8.91 Å². The van der Waals surface area contributed by atoms with Gasteiger partial charge < -0.3 is 10.3 Å². The van der Waals surface area contributed by atoms with Gasteiger partial charge in [0.1, 0.15) is 5.82 Å². The van der Waals surface area contributed by atoms with Gasteiger partial charge in [-0.3, -0.25) is 0 Å². The second kappa shape index (κ2) is 4.13. The van der Waals surface area contributed by atoms with Gasteiger partial charge in [-0.05, 0) is 37.5 Å². The van der Waals surface area contributed by atoms with Gasteiger partial charge in [0.05, 0.1) is 5.54 Å². The second-order valence-electron chi connectivity index (χ2n) is 4.56. The van der Waals surface area contributed by atoms with E-state index in [2.05, 4.69) is 26.1 Å². The Balaban J connectivity index is 2.00. The van der Waals surface area contributed by atoms with Crippen molar-refractivity contribution in [2.45, 2.75) is 24.8 Å². The van der Waals surface area contributed by atoms with E-state index in [1.54, 1.807) is 6.07 Å². The third kappa shape index (κ3) is 1.85. The smallest absolute Gasteiger partial charge is 0.247 e. The highest BCUT2D eigenvalue weighted by atomic mass is 79.9. The summed E-state index contributed by atoms with van der Waals surface area (Å²) in [6.07, 6.45) is 2.76. The Kier molecular flexibility index (Phi) is 2.71. The van der Waals surface area contributed by atoms with Gasteiger partial charge in [-0.1, -0.05) is 21.1 Å². The summed E-state index contributed by atoms with van der Waals surface area (Å²) in [5.74, 6) is 0.443. The van der Waals surface area contributed by atoms with Crippen molar-refractivity contribution in [3.63, 3.8) is 0 Å². The molecule has 1 aliphatic rings. The molecule has 2 aromatic rings. The number of hydrogen-bond acceptors (Lipinski definition) is 4. The zero-order valence-electron chi connectivity index (χ0n) is 9.49. The van der Waals surface area contributed by atoms with E-state index in [1.807, 2.05) is 0 Å². The van der Waals surface area contributed by atoms with E-state index in [4.69, 9.17) is 10.3 Å². The van der Waals surface area contributed by atoms with Gasteiger partial charge in [0.25, 0.3) is 0 Å². The molecule has 1 aromatic carbocycles. The molecular formula is C12H11BrFN3O. The minimum atomic E-state index is -0.495. The van der Waals surface area contributed by atoms with Crippen LogP contribution in [-0.2, 0) is 5.54 Å². The van der Waals surface area contributed by atoms with E-state index >= 15 is 0 Å². The van der Waals surface area contributed by atoms with Crippen LogP contribution in [0.2, 0.25) is 0 Å². The quantitative estimate of drug-likeness (QED) is 0.926. The molecule has 6 heteroatoms. The normalized spacial score (nSPS) is 17.5. The van der Waals surface area contributed by atoms with Crippen molar-refractivity contribution in [2.24, 2.45) is 5.73 Å². The first-order chi connectivity index (χ1) is 8.58. The predicted molar refractivity (Wildman–Crippen MR) is 67.1 cm³/mol. The standard InChI is InChI=1S/C12H11BrFN3O/c13-9-3-2-7(14)6-8(9)10-16-11(18-17-10)12(15)4-1-5-12/h2-3,6H,1,4-5,15H2. The molecule has 1 heterocycles. The van der Waals surface area contributed by atoms with Crippen LogP contribution in [0.3, 0.4) is 0 Å². The minimum absolute atomic E-state index is 0.342. The van der Waals surface area contributed by atoms with Gasteiger partial charge in [0.15, 0.2) is 0 Å². The van der Waals surface area contributed by atoms with Crippen molar-refractivity contribution in [1.29, 1.82) is 0 Å². The first kappa shape index (κ1) is 11.8. The van der Waals surface area contributed by atoms with Gasteiger partial charge in [0, 0.05) is 10.0 Å². The molecule has 1 saturated carbocycles. The molecule has 0 radical (unpaired) electrons. The lowest BCUT2D eigenvalue weighted by atomic mass is 9.78. The topological polar surface area (TPSA) is 64.9 Å². The third-order valence-corrected chi connectivity index (χ3v) is 3.96. The highest BCUT2D eigenvalue weighted by molar-refractivity contribution is 9.10. The molecule has 1 aliphatic carbocycles. The maximum atomic E-state index is 13.2. The number of rotatable bonds is 2. The molecule has 1 aromatic heterocycles. The van der Waals surface area contributed by atoms with Gasteiger partial charge in [-0.15, -0.1) is 0 Å². The molecule has 0 spiro atoms. The van der Waals surface area contributed by atoms with Gasteiger partial charge in [-0.2, -0.15) is 4.98 Å². The third-order valence-electron chi connectivity index (χ3n) is 3.27. The number of hydrogen-bond donors (Lipinski definition) is 1. The Hall–Kier alpha value is -1.27. The predicted octanol–water partition coefficient (Wildman–Crippen LogP) is 2.98. The van der Waals surface area contributed by atoms with Crippen LogP contribution in [0.25, 0.3) is 11.4 Å². The van der Waals surface area contributed by atoms with Gasteiger partial charge in [-0.25, -0.2) is 4.39 Å². The van der Waals surface area contributed by atoms with Gasteiger partial charge in [0.2, 0.25) is 11.7 Å². The van der Waals surface area contributed by atoms with Crippen molar-refractivity contribution >= 4 is 15.9 Å². The highest BCUT2D eigenvalue weighted by Crippen LogP contribution is 2.38. The lowest BCUT2D eigenvalue weighted by molar-refractivity contribution is 0.181. The van der Waals surface area contributed by atoms with E-state index < -0.39 is 5.54 Å². The van der Waals surface area contributed by atoms with E-state index in [0.29, 0.717) is 17.3 Å². The fraction of sp³-hybridized carbons (Fsp3) is 0.333. The van der Waals surface area contributed by atoms with Crippen LogP contribution in [0.1, 0.15) is 25.2 Å². The fourth-order valence-corrected chi connectivity index (χ4v) is 2.40. The molecular weight excluding hydrogens is 301 g/mol. The molecule has 0 atom stereocenters. The van der Waals surface area contributed by atoms with Crippen LogP contribution >= 0.6 is 15.9 Å². The summed E-state index contributed by atoms with van der Waals surface area (Å²) in [4.78, 5) is 4.28. The Bertz CT molecular complexity index is 595. The molecule has 94 valence electrons. The molecule has 1 fully saturated rings. The monoisotopic (exact) mass is 311 g/mol. The lowest BCUT2D eigenvalue weighted by Crippen LogP contribution is -2.43. The fourth-order valence-electron chi connectivity index (χ4n) is 1.98. The zero-order valence-corrected chi connectivity index (χ0v) is 11.1. The van der Waals surface area contributed by atoms with Crippen LogP contribution in [-0.4, -0.2) is 10.1 Å². The maximum absolute atomic E-state index is 13.2. The van der Waals surface area contributed by atoms with E-state index in [-0.39, 0.29) is 5.82 Å². The summed E-state index contributed by atoms with van der Waals surface area (Å²) in [6, 6.07) is 4.34. The van der Waals surface area contributed by atoms with Crippen LogP contribution in [0.15, 0.2) is 27.2 Å². The average molecular weight is 312 g/mol. The summed E-state index contributed by atoms with van der Waals surface area (Å²) in [5, 5.41) is 3.87. The summed E-state index contributed by atoms with van der Waals surface area (Å²) >= 11 is 3.34. The minimum Gasteiger partial charge on any atom is -0.337 e. The molecule has 2 N–H and O–H groups in total. The largest absolute Gasteiger partial charge is 0.337 e. The Morgan fingerprint density at radius 3 is 2.83 bits per heavy atom. The first-order valence-corrected chi connectivity index (χ1v) is 6.46. The SMILES string of the molecule is NC1(c2nc(-c3cc(F)ccc3Br)no2)CCC1. The number of aromatic nitrogens is 2. The molecule has 3 rings (SSSR count). The van der Waals surface area contributed by atoms with Gasteiger partial charge >= 0.3 is 0 Å². The molecule has 0 aliphatic heterocycles. The second-order valence-corrected chi connectivity index (χ2v) is 5.41. The Morgan fingerprint density at radius 1 is 1.39 bits per heavy atom. The molecule has 0 bridgehead atoms. The van der Waals surface area contributed by atoms with Crippen molar-refractivity contribution in [3.05, 3.63) is 34.4 Å². The van der Waals surface area contributed by atoms with Crippen molar-refractivity contribution in [3.8, 4) is 11.4 Å². The van der Waals surface area contributed by atoms with Crippen LogP contribution in [0, 0.1) is 5.82 Å². The van der Waals surface area contributed by atoms with Crippen LogP contribution in [0.5, 0.6) is 0 Å². The van der Waals surface area contributed by atoms with E-state index in [9.17, 15) is 4.39 Å². The summed E-state index contributed by atoms with van der Waals surface area (Å²) < 4.78 is 19.1.